The van der Waals surface area contributed by atoms with Crippen molar-refractivity contribution in [3.05, 3.63) is 29.2 Å². The molecule has 0 aliphatic heterocycles. The van der Waals surface area contributed by atoms with E-state index in [4.69, 9.17) is 16.3 Å². The van der Waals surface area contributed by atoms with Crippen molar-refractivity contribution < 1.29 is 4.74 Å². The lowest BCUT2D eigenvalue weighted by Crippen LogP contribution is -2.07. The topological polar surface area (TPSA) is 83.7 Å². The van der Waals surface area contributed by atoms with Gasteiger partial charge in [-0.15, -0.1) is 0 Å². The molecule has 106 valence electrons. The lowest BCUT2D eigenvalue weighted by atomic mass is 10.1. The minimum absolute atomic E-state index is 0.133. The van der Waals surface area contributed by atoms with Crippen molar-refractivity contribution in [3.63, 3.8) is 0 Å². The molecule has 21 heavy (non-hydrogen) atoms. The Kier molecular flexibility index (Phi) is 3.59. The highest BCUT2D eigenvalue weighted by molar-refractivity contribution is 6.31. The Hall–Kier alpha value is -2.39. The van der Waals surface area contributed by atoms with Gasteiger partial charge in [0, 0.05) is 17.8 Å². The van der Waals surface area contributed by atoms with E-state index in [0.717, 1.165) is 12.8 Å². The van der Waals surface area contributed by atoms with E-state index in [1.165, 1.54) is 0 Å². The number of methoxy groups -OCH3 is 1. The summed E-state index contributed by atoms with van der Waals surface area (Å²) in [5.41, 5.74) is 1.34. The summed E-state index contributed by atoms with van der Waals surface area (Å²) < 4.78 is 5.15. The second-order valence-electron chi connectivity index (χ2n) is 4.71. The zero-order chi connectivity index (χ0) is 14.8. The van der Waals surface area contributed by atoms with Crippen molar-refractivity contribution in [2.75, 3.05) is 12.4 Å². The van der Waals surface area contributed by atoms with E-state index in [0.29, 0.717) is 29.0 Å². The van der Waals surface area contributed by atoms with Crippen LogP contribution in [0.1, 0.15) is 18.4 Å². The Morgan fingerprint density at radius 1 is 1.38 bits per heavy atom. The van der Waals surface area contributed by atoms with Crippen LogP contribution < -0.4 is 10.1 Å². The van der Waals surface area contributed by atoms with Gasteiger partial charge in [-0.2, -0.15) is 10.2 Å². The minimum atomic E-state index is 0.133. The molecule has 1 saturated carbocycles. The molecule has 0 saturated heterocycles. The van der Waals surface area contributed by atoms with Crippen molar-refractivity contribution >= 4 is 17.5 Å². The third kappa shape index (κ3) is 2.88. The lowest BCUT2D eigenvalue weighted by molar-refractivity contribution is 0.413. The molecule has 2 heterocycles. The Labute approximate surface area is 126 Å². The van der Waals surface area contributed by atoms with Gasteiger partial charge < -0.3 is 10.1 Å². The molecule has 3 rings (SSSR count). The summed E-state index contributed by atoms with van der Waals surface area (Å²) in [6, 6.07) is 4.19. The number of halogens is 1. The molecule has 2 aromatic rings. The number of hydrogen-bond donors (Lipinski definition) is 1. The molecule has 0 aromatic carbocycles. The standard InChI is InChI=1S/C14H12ClN5O/c1-21-10-4-8(6-17-7-10)12-11(5-16)13(15)20-14(19-12)18-9-2-3-9/h4,6-7,9H,2-3H2,1H3,(H,18,19,20). The quantitative estimate of drug-likeness (QED) is 0.874. The van der Waals surface area contributed by atoms with Crippen LogP contribution in [0, 0.1) is 11.3 Å². The zero-order valence-corrected chi connectivity index (χ0v) is 12.1. The number of nitrogens with one attached hydrogen (secondary N) is 1. The number of nitrogens with zero attached hydrogens (tertiary/aromatic N) is 4. The van der Waals surface area contributed by atoms with Gasteiger partial charge in [0.15, 0.2) is 5.15 Å². The van der Waals surface area contributed by atoms with Crippen LogP contribution in [0.2, 0.25) is 5.15 Å². The van der Waals surface area contributed by atoms with Gasteiger partial charge in [0.25, 0.3) is 0 Å². The lowest BCUT2D eigenvalue weighted by Gasteiger charge is -2.09. The first kappa shape index (κ1) is 13.6. The minimum Gasteiger partial charge on any atom is -0.495 e. The summed E-state index contributed by atoms with van der Waals surface area (Å²) in [5, 5.41) is 12.6. The fourth-order valence-electron chi connectivity index (χ4n) is 1.88. The number of ether oxygens (including phenoxy) is 1. The molecule has 2 aromatic heterocycles. The Bertz CT molecular complexity index is 724. The van der Waals surface area contributed by atoms with E-state index in [2.05, 4.69) is 20.3 Å². The van der Waals surface area contributed by atoms with Crippen LogP contribution in [0.3, 0.4) is 0 Å². The summed E-state index contributed by atoms with van der Waals surface area (Å²) in [6.45, 7) is 0. The fraction of sp³-hybridized carbons (Fsp3) is 0.286. The number of aromatic nitrogens is 3. The van der Waals surface area contributed by atoms with Crippen LogP contribution >= 0.6 is 11.6 Å². The first-order chi connectivity index (χ1) is 10.2. The van der Waals surface area contributed by atoms with Gasteiger partial charge in [0.2, 0.25) is 5.95 Å². The molecule has 0 amide bonds. The summed E-state index contributed by atoms with van der Waals surface area (Å²) in [7, 11) is 1.55. The molecule has 0 radical (unpaired) electrons. The largest absolute Gasteiger partial charge is 0.495 e. The normalized spacial score (nSPS) is 13.6. The fourth-order valence-corrected chi connectivity index (χ4v) is 2.09. The molecule has 0 bridgehead atoms. The maximum atomic E-state index is 9.29. The molecule has 1 fully saturated rings. The van der Waals surface area contributed by atoms with Crippen LogP contribution in [0.25, 0.3) is 11.3 Å². The SMILES string of the molecule is COc1cncc(-c2nc(NC3CC3)nc(Cl)c2C#N)c1. The van der Waals surface area contributed by atoms with Gasteiger partial charge in [-0.05, 0) is 18.9 Å². The van der Waals surface area contributed by atoms with Crippen molar-refractivity contribution in [3.8, 4) is 23.1 Å². The number of hydrogen-bond acceptors (Lipinski definition) is 6. The maximum absolute atomic E-state index is 9.29. The maximum Gasteiger partial charge on any atom is 0.224 e. The van der Waals surface area contributed by atoms with Gasteiger partial charge >= 0.3 is 0 Å². The molecule has 1 N–H and O–H groups in total. The summed E-state index contributed by atoms with van der Waals surface area (Å²) in [6.07, 6.45) is 5.39. The third-order valence-corrected chi connectivity index (χ3v) is 3.38. The van der Waals surface area contributed by atoms with E-state index < -0.39 is 0 Å². The first-order valence-corrected chi connectivity index (χ1v) is 6.82. The predicted octanol–water partition coefficient (Wildman–Crippen LogP) is 2.65. The van der Waals surface area contributed by atoms with E-state index in [1.54, 1.807) is 25.6 Å². The molecular weight excluding hydrogens is 290 g/mol. The second-order valence-corrected chi connectivity index (χ2v) is 5.06. The highest BCUT2D eigenvalue weighted by atomic mass is 35.5. The molecule has 6 nitrogen and oxygen atoms in total. The molecule has 1 aliphatic carbocycles. The average molecular weight is 302 g/mol. The molecule has 0 spiro atoms. The van der Waals surface area contributed by atoms with Crippen molar-refractivity contribution in [2.24, 2.45) is 0 Å². The highest BCUT2D eigenvalue weighted by Gasteiger charge is 2.23. The zero-order valence-electron chi connectivity index (χ0n) is 11.3. The third-order valence-electron chi connectivity index (χ3n) is 3.11. The number of rotatable bonds is 4. The van der Waals surface area contributed by atoms with Gasteiger partial charge in [0.1, 0.15) is 17.4 Å². The van der Waals surface area contributed by atoms with Gasteiger partial charge in [0.05, 0.1) is 19.0 Å². The smallest absolute Gasteiger partial charge is 0.224 e. The summed E-state index contributed by atoms with van der Waals surface area (Å²) >= 11 is 6.10. The summed E-state index contributed by atoms with van der Waals surface area (Å²) in [5.74, 6) is 1.02. The number of pyridine rings is 1. The molecule has 0 atom stereocenters. The predicted molar refractivity (Wildman–Crippen MR) is 78.2 cm³/mol. The van der Waals surface area contributed by atoms with Crippen LogP contribution in [-0.4, -0.2) is 28.1 Å². The van der Waals surface area contributed by atoms with Crippen molar-refractivity contribution in [2.45, 2.75) is 18.9 Å². The Morgan fingerprint density at radius 3 is 2.86 bits per heavy atom. The molecular formula is C14H12ClN5O. The summed E-state index contributed by atoms with van der Waals surface area (Å²) in [4.78, 5) is 12.6. The number of anilines is 1. The van der Waals surface area contributed by atoms with E-state index >= 15 is 0 Å². The Morgan fingerprint density at radius 2 is 2.19 bits per heavy atom. The van der Waals surface area contributed by atoms with Crippen LogP contribution in [-0.2, 0) is 0 Å². The number of nitriles is 1. The Balaban J connectivity index is 2.09. The van der Waals surface area contributed by atoms with E-state index in [9.17, 15) is 5.26 Å². The van der Waals surface area contributed by atoms with Crippen molar-refractivity contribution in [1.82, 2.24) is 15.0 Å². The van der Waals surface area contributed by atoms with Gasteiger partial charge in [-0.1, -0.05) is 11.6 Å². The van der Waals surface area contributed by atoms with Gasteiger partial charge in [-0.25, -0.2) is 4.98 Å². The van der Waals surface area contributed by atoms with Crippen LogP contribution in [0.4, 0.5) is 5.95 Å². The molecule has 0 unspecified atom stereocenters. The van der Waals surface area contributed by atoms with E-state index in [1.807, 2.05) is 6.07 Å². The molecule has 7 heteroatoms. The molecule has 1 aliphatic rings. The van der Waals surface area contributed by atoms with Crippen LogP contribution in [0.15, 0.2) is 18.5 Å². The average Bonchev–Trinajstić information content (AvgIpc) is 3.30. The second kappa shape index (κ2) is 5.54. The van der Waals surface area contributed by atoms with Crippen molar-refractivity contribution in [1.29, 1.82) is 5.26 Å². The van der Waals surface area contributed by atoms with E-state index in [-0.39, 0.29) is 10.7 Å². The van der Waals surface area contributed by atoms with Crippen LogP contribution in [0.5, 0.6) is 5.75 Å². The monoisotopic (exact) mass is 301 g/mol. The van der Waals surface area contributed by atoms with Gasteiger partial charge in [-0.3, -0.25) is 4.98 Å². The highest BCUT2D eigenvalue weighted by Crippen LogP contribution is 2.30. The first-order valence-electron chi connectivity index (χ1n) is 6.45.